The van der Waals surface area contributed by atoms with Crippen LogP contribution in [0.15, 0.2) is 48.5 Å². The Morgan fingerprint density at radius 2 is 1.70 bits per heavy atom. The van der Waals surface area contributed by atoms with Crippen molar-refractivity contribution >= 4 is 11.8 Å². The summed E-state index contributed by atoms with van der Waals surface area (Å²) in [7, 11) is 0. The van der Waals surface area contributed by atoms with Crippen molar-refractivity contribution in [2.24, 2.45) is 0 Å². The van der Waals surface area contributed by atoms with Gasteiger partial charge in [-0.25, -0.2) is 8.78 Å². The van der Waals surface area contributed by atoms with Crippen molar-refractivity contribution in [3.05, 3.63) is 71.3 Å². The Morgan fingerprint density at radius 3 is 2.37 bits per heavy atom. The standard InChI is InChI=1S/C24H28F2N2O2/c1-17(24(30)27-21-8-3-2-4-9-21)28(16-18-11-13-20(25)14-12-18)23(29)15-19-7-5-6-10-22(19)26/h5-7,10-14,17,21H,2-4,8-9,15-16H2,1H3,(H,27,30). The summed E-state index contributed by atoms with van der Waals surface area (Å²) in [4.78, 5) is 27.4. The normalized spacial score (nSPS) is 15.4. The summed E-state index contributed by atoms with van der Waals surface area (Å²) in [5, 5.41) is 3.06. The fourth-order valence-corrected chi connectivity index (χ4v) is 3.84. The lowest BCUT2D eigenvalue weighted by atomic mass is 9.95. The maximum Gasteiger partial charge on any atom is 0.242 e. The molecule has 1 saturated carbocycles. The molecule has 1 aliphatic carbocycles. The Bertz CT molecular complexity index is 864. The van der Waals surface area contributed by atoms with Crippen molar-refractivity contribution in [2.75, 3.05) is 0 Å². The molecule has 0 radical (unpaired) electrons. The molecule has 2 aromatic carbocycles. The molecule has 160 valence electrons. The second kappa shape index (κ2) is 10.3. The van der Waals surface area contributed by atoms with Gasteiger partial charge in [0.15, 0.2) is 0 Å². The Kier molecular flexibility index (Phi) is 7.55. The van der Waals surface area contributed by atoms with Crippen LogP contribution in [0.4, 0.5) is 8.78 Å². The quantitative estimate of drug-likeness (QED) is 0.731. The van der Waals surface area contributed by atoms with Crippen molar-refractivity contribution in [2.45, 2.75) is 64.1 Å². The molecule has 1 atom stereocenters. The highest BCUT2D eigenvalue weighted by molar-refractivity contribution is 5.88. The highest BCUT2D eigenvalue weighted by Crippen LogP contribution is 2.19. The van der Waals surface area contributed by atoms with E-state index in [1.807, 2.05) is 0 Å². The fraction of sp³-hybridized carbons (Fsp3) is 0.417. The van der Waals surface area contributed by atoms with Gasteiger partial charge in [-0.3, -0.25) is 9.59 Å². The van der Waals surface area contributed by atoms with Crippen LogP contribution in [0.25, 0.3) is 0 Å². The van der Waals surface area contributed by atoms with Crippen LogP contribution in [-0.2, 0) is 22.6 Å². The Hall–Kier alpha value is -2.76. The molecule has 1 aliphatic rings. The van der Waals surface area contributed by atoms with Gasteiger partial charge in [-0.2, -0.15) is 0 Å². The molecule has 1 fully saturated rings. The van der Waals surface area contributed by atoms with E-state index < -0.39 is 11.9 Å². The van der Waals surface area contributed by atoms with Gasteiger partial charge in [0.25, 0.3) is 0 Å². The summed E-state index contributed by atoms with van der Waals surface area (Å²) in [5.41, 5.74) is 0.988. The van der Waals surface area contributed by atoms with E-state index in [9.17, 15) is 18.4 Å². The van der Waals surface area contributed by atoms with Gasteiger partial charge in [0.2, 0.25) is 11.8 Å². The predicted octanol–water partition coefficient (Wildman–Crippen LogP) is 4.37. The molecular weight excluding hydrogens is 386 g/mol. The van der Waals surface area contributed by atoms with Crippen LogP contribution in [0.2, 0.25) is 0 Å². The maximum absolute atomic E-state index is 14.1. The number of amides is 2. The van der Waals surface area contributed by atoms with Crippen molar-refractivity contribution in [1.82, 2.24) is 10.2 Å². The molecule has 0 spiro atoms. The largest absolute Gasteiger partial charge is 0.352 e. The maximum atomic E-state index is 14.1. The molecule has 1 unspecified atom stereocenters. The van der Waals surface area contributed by atoms with Gasteiger partial charge in [0.1, 0.15) is 17.7 Å². The molecule has 1 N–H and O–H groups in total. The number of benzene rings is 2. The first kappa shape index (κ1) is 21.9. The third-order valence-electron chi connectivity index (χ3n) is 5.68. The number of carbonyl (C=O) groups excluding carboxylic acids is 2. The van der Waals surface area contributed by atoms with Crippen LogP contribution in [0.3, 0.4) is 0 Å². The number of nitrogens with one attached hydrogen (secondary N) is 1. The van der Waals surface area contributed by atoms with Crippen molar-refractivity contribution in [3.8, 4) is 0 Å². The van der Waals surface area contributed by atoms with Crippen molar-refractivity contribution < 1.29 is 18.4 Å². The molecule has 0 aliphatic heterocycles. The van der Waals surface area contributed by atoms with Gasteiger partial charge in [0.05, 0.1) is 6.42 Å². The van der Waals surface area contributed by atoms with Crippen molar-refractivity contribution in [3.63, 3.8) is 0 Å². The second-order valence-corrected chi connectivity index (χ2v) is 7.94. The fourth-order valence-electron chi connectivity index (χ4n) is 3.84. The number of hydrogen-bond acceptors (Lipinski definition) is 2. The summed E-state index contributed by atoms with van der Waals surface area (Å²) in [5.74, 6) is -1.39. The second-order valence-electron chi connectivity index (χ2n) is 7.94. The number of carbonyl (C=O) groups is 2. The average Bonchev–Trinajstić information content (AvgIpc) is 2.75. The molecule has 0 bridgehead atoms. The average molecular weight is 414 g/mol. The minimum absolute atomic E-state index is 0.128. The topological polar surface area (TPSA) is 49.4 Å². The molecule has 3 rings (SSSR count). The van der Waals surface area contributed by atoms with Crippen LogP contribution in [0.5, 0.6) is 0 Å². The van der Waals surface area contributed by atoms with Crippen LogP contribution < -0.4 is 5.32 Å². The first-order valence-electron chi connectivity index (χ1n) is 10.5. The summed E-state index contributed by atoms with van der Waals surface area (Å²) >= 11 is 0. The molecule has 30 heavy (non-hydrogen) atoms. The summed E-state index contributed by atoms with van der Waals surface area (Å²) in [6.07, 6.45) is 5.10. The summed E-state index contributed by atoms with van der Waals surface area (Å²) < 4.78 is 27.3. The monoisotopic (exact) mass is 414 g/mol. The smallest absolute Gasteiger partial charge is 0.242 e. The predicted molar refractivity (Wildman–Crippen MR) is 112 cm³/mol. The first-order valence-corrected chi connectivity index (χ1v) is 10.5. The Balaban J connectivity index is 1.76. The molecule has 2 aromatic rings. The van der Waals surface area contributed by atoms with Gasteiger partial charge >= 0.3 is 0 Å². The SMILES string of the molecule is CC(C(=O)NC1CCCCC1)N(Cc1ccc(F)cc1)C(=O)Cc1ccccc1F. The summed E-state index contributed by atoms with van der Waals surface area (Å²) in [6, 6.07) is 11.3. The number of rotatable bonds is 7. The molecule has 4 nitrogen and oxygen atoms in total. The van der Waals surface area contributed by atoms with E-state index in [0.717, 1.165) is 25.7 Å². The molecular formula is C24H28F2N2O2. The third-order valence-corrected chi connectivity index (χ3v) is 5.68. The zero-order valence-electron chi connectivity index (χ0n) is 17.2. The van der Waals surface area contributed by atoms with Gasteiger partial charge in [-0.15, -0.1) is 0 Å². The molecule has 0 saturated heterocycles. The van der Waals surface area contributed by atoms with E-state index >= 15 is 0 Å². The van der Waals surface area contributed by atoms with Gasteiger partial charge in [-0.1, -0.05) is 49.6 Å². The van der Waals surface area contributed by atoms with E-state index in [-0.39, 0.29) is 42.2 Å². The van der Waals surface area contributed by atoms with E-state index in [1.165, 1.54) is 29.5 Å². The third kappa shape index (κ3) is 5.88. The highest BCUT2D eigenvalue weighted by atomic mass is 19.1. The Labute approximate surface area is 176 Å². The zero-order chi connectivity index (χ0) is 21.5. The Morgan fingerprint density at radius 1 is 1.03 bits per heavy atom. The molecule has 2 amide bonds. The lowest BCUT2D eigenvalue weighted by Gasteiger charge is -2.31. The van der Waals surface area contributed by atoms with E-state index in [0.29, 0.717) is 5.56 Å². The van der Waals surface area contributed by atoms with Crippen LogP contribution >= 0.6 is 0 Å². The summed E-state index contributed by atoms with van der Waals surface area (Å²) in [6.45, 7) is 1.83. The minimum Gasteiger partial charge on any atom is -0.352 e. The van der Waals surface area contributed by atoms with E-state index in [1.54, 1.807) is 37.3 Å². The number of halogens is 2. The van der Waals surface area contributed by atoms with Crippen LogP contribution in [-0.4, -0.2) is 28.8 Å². The van der Waals surface area contributed by atoms with Gasteiger partial charge in [0, 0.05) is 12.6 Å². The first-order chi connectivity index (χ1) is 14.4. The zero-order valence-corrected chi connectivity index (χ0v) is 17.2. The van der Waals surface area contributed by atoms with Crippen molar-refractivity contribution in [1.29, 1.82) is 0 Å². The lowest BCUT2D eigenvalue weighted by Crippen LogP contribution is -2.50. The molecule has 6 heteroatoms. The van der Waals surface area contributed by atoms with Gasteiger partial charge in [-0.05, 0) is 49.1 Å². The molecule has 0 aromatic heterocycles. The van der Waals surface area contributed by atoms with Crippen LogP contribution in [0, 0.1) is 11.6 Å². The van der Waals surface area contributed by atoms with E-state index in [2.05, 4.69) is 5.32 Å². The van der Waals surface area contributed by atoms with Gasteiger partial charge < -0.3 is 10.2 Å². The van der Waals surface area contributed by atoms with E-state index in [4.69, 9.17) is 0 Å². The number of nitrogens with zero attached hydrogens (tertiary/aromatic N) is 1. The van der Waals surface area contributed by atoms with Crippen LogP contribution in [0.1, 0.15) is 50.2 Å². The molecule has 0 heterocycles. The number of hydrogen-bond donors (Lipinski definition) is 1. The minimum atomic E-state index is -0.726. The highest BCUT2D eigenvalue weighted by Gasteiger charge is 2.28. The lowest BCUT2D eigenvalue weighted by molar-refractivity contribution is -0.140.